The fourth-order valence-corrected chi connectivity index (χ4v) is 2.03. The molecule has 1 aromatic carbocycles. The molecule has 1 aromatic rings. The molecule has 0 fully saturated rings. The van der Waals surface area contributed by atoms with Crippen molar-refractivity contribution in [1.82, 2.24) is 5.32 Å². The van der Waals surface area contributed by atoms with Crippen molar-refractivity contribution in [3.8, 4) is 0 Å². The van der Waals surface area contributed by atoms with Crippen molar-refractivity contribution in [1.29, 1.82) is 0 Å². The summed E-state index contributed by atoms with van der Waals surface area (Å²) in [5.41, 5.74) is 2.70. The van der Waals surface area contributed by atoms with Crippen LogP contribution in [-0.4, -0.2) is 32.6 Å². The number of benzene rings is 1. The van der Waals surface area contributed by atoms with E-state index in [4.69, 9.17) is 0 Å². The topological polar surface area (TPSA) is 15.3 Å². The Morgan fingerprint density at radius 2 is 2.07 bits per heavy atom. The Labute approximate surface area is 97.1 Å². The molecule has 15 heavy (non-hydrogen) atoms. The first kappa shape index (κ1) is 12.4. The van der Waals surface area contributed by atoms with Crippen molar-refractivity contribution in [2.24, 2.45) is 0 Å². The number of hydrogen-bond acceptors (Lipinski definition) is 3. The molecule has 1 N–H and O–H groups in total. The summed E-state index contributed by atoms with van der Waals surface area (Å²) in [6.07, 6.45) is 2.15. The summed E-state index contributed by atoms with van der Waals surface area (Å²) in [6, 6.07) is 8.57. The smallest absolute Gasteiger partial charge is 0.0409 e. The molecule has 0 unspecified atom stereocenters. The second-order valence-electron chi connectivity index (χ2n) is 3.57. The van der Waals surface area contributed by atoms with Crippen LogP contribution in [0, 0.1) is 0 Å². The third-order valence-electron chi connectivity index (χ3n) is 2.40. The molecule has 0 bridgehead atoms. The number of anilines is 1. The highest BCUT2D eigenvalue weighted by Crippen LogP contribution is 2.18. The van der Waals surface area contributed by atoms with Gasteiger partial charge >= 0.3 is 0 Å². The van der Waals surface area contributed by atoms with Gasteiger partial charge in [-0.25, -0.2) is 0 Å². The van der Waals surface area contributed by atoms with E-state index in [0.717, 1.165) is 13.1 Å². The van der Waals surface area contributed by atoms with Crippen LogP contribution in [0.2, 0.25) is 0 Å². The third-order valence-corrected chi connectivity index (χ3v) is 2.99. The van der Waals surface area contributed by atoms with Crippen molar-refractivity contribution < 1.29 is 0 Å². The Kier molecular flexibility index (Phi) is 5.58. The first-order chi connectivity index (χ1) is 7.29. The normalized spacial score (nSPS) is 10.3. The molecule has 2 nitrogen and oxygen atoms in total. The van der Waals surface area contributed by atoms with Crippen LogP contribution in [0.15, 0.2) is 24.3 Å². The molecule has 0 amide bonds. The predicted octanol–water partition coefficient (Wildman–Crippen LogP) is 2.21. The summed E-state index contributed by atoms with van der Waals surface area (Å²) >= 11 is 1.89. The van der Waals surface area contributed by atoms with Gasteiger partial charge in [0.1, 0.15) is 0 Å². The highest BCUT2D eigenvalue weighted by Gasteiger charge is 2.05. The Morgan fingerprint density at radius 1 is 1.33 bits per heavy atom. The van der Waals surface area contributed by atoms with Crippen molar-refractivity contribution in [2.75, 3.05) is 37.5 Å². The average Bonchev–Trinajstić information content (AvgIpc) is 2.27. The van der Waals surface area contributed by atoms with Crippen LogP contribution < -0.4 is 10.2 Å². The van der Waals surface area contributed by atoms with E-state index in [-0.39, 0.29) is 0 Å². The zero-order valence-electron chi connectivity index (χ0n) is 9.79. The van der Waals surface area contributed by atoms with Crippen LogP contribution >= 0.6 is 11.8 Å². The minimum atomic E-state index is 0.930. The predicted molar refractivity (Wildman–Crippen MR) is 70.9 cm³/mol. The first-order valence-corrected chi connectivity index (χ1v) is 6.61. The van der Waals surface area contributed by atoms with Gasteiger partial charge in [0.25, 0.3) is 0 Å². The number of hydrogen-bond donors (Lipinski definition) is 1. The molecule has 0 aliphatic heterocycles. The van der Waals surface area contributed by atoms with Crippen LogP contribution in [-0.2, 0) is 6.54 Å². The number of nitrogens with zero attached hydrogens (tertiary/aromatic N) is 1. The molecule has 0 aliphatic carbocycles. The molecule has 0 atom stereocenters. The van der Waals surface area contributed by atoms with Crippen LogP contribution in [0.4, 0.5) is 5.69 Å². The quantitative estimate of drug-likeness (QED) is 0.797. The number of nitrogens with one attached hydrogen (secondary N) is 1. The van der Waals surface area contributed by atoms with E-state index < -0.39 is 0 Å². The monoisotopic (exact) mass is 224 g/mol. The van der Waals surface area contributed by atoms with E-state index >= 15 is 0 Å². The summed E-state index contributed by atoms with van der Waals surface area (Å²) in [5, 5.41) is 3.20. The lowest BCUT2D eigenvalue weighted by Crippen LogP contribution is -2.22. The highest BCUT2D eigenvalue weighted by molar-refractivity contribution is 7.98. The minimum Gasteiger partial charge on any atom is -0.374 e. The van der Waals surface area contributed by atoms with Gasteiger partial charge in [0.2, 0.25) is 0 Å². The average molecular weight is 224 g/mol. The molecule has 0 saturated heterocycles. The standard InChI is InChI=1S/C12H20N2S/c1-13-10-11-6-4-5-7-12(11)14(2)8-9-15-3/h4-7,13H,8-10H2,1-3H3. The van der Waals surface area contributed by atoms with E-state index in [9.17, 15) is 0 Å². The van der Waals surface area contributed by atoms with Crippen LogP contribution in [0.25, 0.3) is 0 Å². The largest absolute Gasteiger partial charge is 0.374 e. The number of thioether (sulfide) groups is 1. The van der Waals surface area contributed by atoms with Gasteiger partial charge < -0.3 is 10.2 Å². The van der Waals surface area contributed by atoms with E-state index in [1.807, 2.05) is 18.8 Å². The van der Waals surface area contributed by atoms with Crippen LogP contribution in [0.1, 0.15) is 5.56 Å². The molecule has 0 aromatic heterocycles. The van der Waals surface area contributed by atoms with Crippen molar-refractivity contribution in [3.63, 3.8) is 0 Å². The maximum Gasteiger partial charge on any atom is 0.0409 e. The minimum absolute atomic E-state index is 0.930. The van der Waals surface area contributed by atoms with Gasteiger partial charge in [-0.15, -0.1) is 0 Å². The fourth-order valence-electron chi connectivity index (χ4n) is 1.57. The van der Waals surface area contributed by atoms with E-state index in [2.05, 4.69) is 47.8 Å². The molecule has 84 valence electrons. The zero-order valence-corrected chi connectivity index (χ0v) is 10.6. The van der Waals surface area contributed by atoms with Gasteiger partial charge in [0, 0.05) is 31.6 Å². The molecule has 3 heteroatoms. The first-order valence-electron chi connectivity index (χ1n) is 5.22. The third kappa shape index (κ3) is 3.76. The summed E-state index contributed by atoms with van der Waals surface area (Å²) in [5.74, 6) is 1.17. The lowest BCUT2D eigenvalue weighted by atomic mass is 10.1. The molecule has 0 radical (unpaired) electrons. The molecule has 0 aliphatic rings. The molecule has 0 heterocycles. The van der Waals surface area contributed by atoms with E-state index in [1.165, 1.54) is 17.0 Å². The highest BCUT2D eigenvalue weighted by atomic mass is 32.2. The van der Waals surface area contributed by atoms with Gasteiger partial charge in [-0.3, -0.25) is 0 Å². The van der Waals surface area contributed by atoms with Crippen molar-refractivity contribution >= 4 is 17.4 Å². The van der Waals surface area contributed by atoms with Gasteiger partial charge in [0.15, 0.2) is 0 Å². The van der Waals surface area contributed by atoms with Crippen molar-refractivity contribution in [3.05, 3.63) is 29.8 Å². The summed E-state index contributed by atoms with van der Waals surface area (Å²) in [4.78, 5) is 2.32. The number of rotatable bonds is 6. The molecule has 0 spiro atoms. The van der Waals surface area contributed by atoms with Crippen molar-refractivity contribution in [2.45, 2.75) is 6.54 Å². The summed E-state index contributed by atoms with van der Waals surface area (Å²) in [6.45, 7) is 2.03. The van der Waals surface area contributed by atoms with E-state index in [1.54, 1.807) is 0 Å². The van der Waals surface area contributed by atoms with Gasteiger partial charge in [-0.05, 0) is 24.9 Å². The Bertz CT molecular complexity index is 289. The second-order valence-corrected chi connectivity index (χ2v) is 4.56. The molecular weight excluding hydrogens is 204 g/mol. The van der Waals surface area contributed by atoms with Gasteiger partial charge in [-0.1, -0.05) is 18.2 Å². The summed E-state index contributed by atoms with van der Waals surface area (Å²) < 4.78 is 0. The lowest BCUT2D eigenvalue weighted by molar-refractivity contribution is 0.810. The Balaban J connectivity index is 2.72. The van der Waals surface area contributed by atoms with Crippen LogP contribution in [0.5, 0.6) is 0 Å². The Hall–Kier alpha value is -0.670. The molecule has 0 saturated carbocycles. The lowest BCUT2D eigenvalue weighted by Gasteiger charge is -2.22. The maximum atomic E-state index is 3.20. The van der Waals surface area contributed by atoms with Crippen LogP contribution in [0.3, 0.4) is 0 Å². The number of para-hydroxylation sites is 1. The molecular formula is C12H20N2S. The Morgan fingerprint density at radius 3 is 2.73 bits per heavy atom. The van der Waals surface area contributed by atoms with E-state index in [0.29, 0.717) is 0 Å². The second kappa shape index (κ2) is 6.75. The van der Waals surface area contributed by atoms with Gasteiger partial charge in [-0.2, -0.15) is 11.8 Å². The van der Waals surface area contributed by atoms with Gasteiger partial charge in [0.05, 0.1) is 0 Å². The zero-order chi connectivity index (χ0) is 11.1. The fraction of sp³-hybridized carbons (Fsp3) is 0.500. The summed E-state index contributed by atoms with van der Waals surface area (Å²) in [7, 11) is 4.14. The SMILES string of the molecule is CNCc1ccccc1N(C)CCSC. The maximum absolute atomic E-state index is 3.20. The molecule has 1 rings (SSSR count).